The number of benzene rings is 1. The Labute approximate surface area is 160 Å². The van der Waals surface area contributed by atoms with Crippen LogP contribution in [-0.2, 0) is 17.9 Å². The molecule has 1 aliphatic rings. The van der Waals surface area contributed by atoms with E-state index in [0.717, 1.165) is 22.6 Å². The van der Waals surface area contributed by atoms with E-state index >= 15 is 0 Å². The van der Waals surface area contributed by atoms with Crippen molar-refractivity contribution in [3.05, 3.63) is 66.1 Å². The van der Waals surface area contributed by atoms with Crippen LogP contribution in [0.2, 0.25) is 0 Å². The largest absolute Gasteiger partial charge is 0.497 e. The Kier molecular flexibility index (Phi) is 4.10. The van der Waals surface area contributed by atoms with Crippen LogP contribution in [0.25, 0.3) is 23.0 Å². The number of aromatic nitrogens is 5. The van der Waals surface area contributed by atoms with Gasteiger partial charge in [0.25, 0.3) is 5.89 Å². The molecule has 1 aliphatic heterocycles. The Balaban J connectivity index is 1.38. The molecule has 4 heterocycles. The van der Waals surface area contributed by atoms with Gasteiger partial charge in [-0.05, 0) is 35.9 Å². The molecule has 0 N–H and O–H groups in total. The molecule has 8 nitrogen and oxygen atoms in total. The first kappa shape index (κ1) is 16.6. The molecule has 0 saturated carbocycles. The molecule has 0 amide bonds. The summed E-state index contributed by atoms with van der Waals surface area (Å²) in [6.07, 6.45) is 3.33. The van der Waals surface area contributed by atoms with Gasteiger partial charge in [0.1, 0.15) is 11.9 Å². The van der Waals surface area contributed by atoms with Crippen LogP contribution in [0.5, 0.6) is 5.75 Å². The minimum atomic E-state index is -0.0696. The fourth-order valence-electron chi connectivity index (χ4n) is 3.19. The lowest BCUT2D eigenvalue weighted by atomic mass is 10.1. The first-order valence-electron chi connectivity index (χ1n) is 8.87. The zero-order valence-corrected chi connectivity index (χ0v) is 15.1. The van der Waals surface area contributed by atoms with Crippen LogP contribution >= 0.6 is 0 Å². The van der Waals surface area contributed by atoms with Crippen LogP contribution in [0.15, 0.2) is 59.4 Å². The van der Waals surface area contributed by atoms with Crippen LogP contribution < -0.4 is 4.74 Å². The summed E-state index contributed by atoms with van der Waals surface area (Å²) in [6.45, 7) is 1.08. The van der Waals surface area contributed by atoms with Crippen LogP contribution in [0.1, 0.15) is 17.4 Å². The topological polar surface area (TPSA) is 88.1 Å². The molecule has 0 fully saturated rings. The third-order valence-electron chi connectivity index (χ3n) is 4.69. The normalized spacial score (nSPS) is 16.0. The van der Waals surface area contributed by atoms with Crippen molar-refractivity contribution in [2.45, 2.75) is 19.3 Å². The van der Waals surface area contributed by atoms with E-state index in [2.05, 4.69) is 20.2 Å². The molecule has 28 heavy (non-hydrogen) atoms. The standard InChI is InChI=1S/C20H17N5O3/c1-26-16-6-4-13(5-7-16)18-11-25-15(12-27-18)9-17(23-25)20-22-19(24-28-20)14-3-2-8-21-10-14/h2-10,18H,11-12H2,1H3/t18-/m1/s1. The van der Waals surface area contributed by atoms with Crippen molar-refractivity contribution < 1.29 is 14.0 Å². The molecular formula is C20H17N5O3. The second-order valence-corrected chi connectivity index (χ2v) is 6.44. The van der Waals surface area contributed by atoms with Gasteiger partial charge < -0.3 is 14.0 Å². The van der Waals surface area contributed by atoms with Gasteiger partial charge in [0.2, 0.25) is 5.82 Å². The predicted octanol–water partition coefficient (Wildman–Crippen LogP) is 3.28. The second kappa shape index (κ2) is 6.90. The lowest BCUT2D eigenvalue weighted by molar-refractivity contribution is -0.00115. The maximum absolute atomic E-state index is 6.01. The average Bonchev–Trinajstić information content (AvgIpc) is 3.41. The van der Waals surface area contributed by atoms with Gasteiger partial charge in [0.15, 0.2) is 5.69 Å². The quantitative estimate of drug-likeness (QED) is 0.541. The number of pyridine rings is 1. The number of nitrogens with zero attached hydrogens (tertiary/aromatic N) is 5. The molecule has 1 aromatic carbocycles. The van der Waals surface area contributed by atoms with Crippen molar-refractivity contribution in [2.75, 3.05) is 7.11 Å². The third kappa shape index (κ3) is 3.03. The van der Waals surface area contributed by atoms with Gasteiger partial charge >= 0.3 is 0 Å². The summed E-state index contributed by atoms with van der Waals surface area (Å²) < 4.78 is 18.6. The van der Waals surface area contributed by atoms with Crippen molar-refractivity contribution in [3.8, 4) is 28.7 Å². The summed E-state index contributed by atoms with van der Waals surface area (Å²) in [7, 11) is 1.65. The molecule has 0 aliphatic carbocycles. The van der Waals surface area contributed by atoms with Crippen molar-refractivity contribution in [3.63, 3.8) is 0 Å². The smallest absolute Gasteiger partial charge is 0.278 e. The number of fused-ring (bicyclic) bond motifs is 1. The highest BCUT2D eigenvalue weighted by Gasteiger charge is 2.24. The van der Waals surface area contributed by atoms with Crippen molar-refractivity contribution >= 4 is 0 Å². The van der Waals surface area contributed by atoms with Gasteiger partial charge in [-0.25, -0.2) is 0 Å². The Morgan fingerprint density at radius 2 is 2.07 bits per heavy atom. The van der Waals surface area contributed by atoms with E-state index in [4.69, 9.17) is 14.0 Å². The summed E-state index contributed by atoms with van der Waals surface area (Å²) in [5, 5.41) is 8.67. The summed E-state index contributed by atoms with van der Waals surface area (Å²) in [4.78, 5) is 8.52. The first-order chi connectivity index (χ1) is 13.8. The molecule has 0 saturated heterocycles. The number of hydrogen-bond donors (Lipinski definition) is 0. The summed E-state index contributed by atoms with van der Waals surface area (Å²) >= 11 is 0. The maximum Gasteiger partial charge on any atom is 0.278 e. The van der Waals surface area contributed by atoms with E-state index in [-0.39, 0.29) is 6.10 Å². The maximum atomic E-state index is 6.01. The summed E-state index contributed by atoms with van der Waals surface area (Å²) in [5.41, 5.74) is 3.49. The molecule has 140 valence electrons. The fourth-order valence-corrected chi connectivity index (χ4v) is 3.19. The highest BCUT2D eigenvalue weighted by Crippen LogP contribution is 2.30. The molecule has 8 heteroatoms. The van der Waals surface area contributed by atoms with Crippen molar-refractivity contribution in [1.82, 2.24) is 24.9 Å². The summed E-state index contributed by atoms with van der Waals surface area (Å²) in [5.74, 6) is 1.69. The van der Waals surface area contributed by atoms with E-state index in [9.17, 15) is 0 Å². The van der Waals surface area contributed by atoms with Gasteiger partial charge in [0, 0.05) is 18.0 Å². The first-order valence-corrected chi connectivity index (χ1v) is 8.87. The lowest BCUT2D eigenvalue weighted by Crippen LogP contribution is -2.21. The van der Waals surface area contributed by atoms with Crippen molar-refractivity contribution in [1.29, 1.82) is 0 Å². The Hall–Kier alpha value is -3.52. The van der Waals surface area contributed by atoms with E-state index in [1.165, 1.54) is 0 Å². The number of methoxy groups -OCH3 is 1. The van der Waals surface area contributed by atoms with E-state index in [0.29, 0.717) is 30.6 Å². The van der Waals surface area contributed by atoms with Crippen LogP contribution in [0, 0.1) is 0 Å². The third-order valence-corrected chi connectivity index (χ3v) is 4.69. The van der Waals surface area contributed by atoms with Crippen LogP contribution in [-0.4, -0.2) is 32.0 Å². The molecule has 5 rings (SSSR count). The van der Waals surface area contributed by atoms with E-state index in [1.807, 2.05) is 47.1 Å². The molecule has 0 unspecified atom stereocenters. The highest BCUT2D eigenvalue weighted by atomic mass is 16.5. The number of rotatable bonds is 4. The second-order valence-electron chi connectivity index (χ2n) is 6.44. The van der Waals surface area contributed by atoms with Gasteiger partial charge in [-0.1, -0.05) is 17.3 Å². The minimum absolute atomic E-state index is 0.0696. The van der Waals surface area contributed by atoms with Gasteiger partial charge in [-0.15, -0.1) is 0 Å². The number of ether oxygens (including phenoxy) is 2. The van der Waals surface area contributed by atoms with Gasteiger partial charge in [-0.2, -0.15) is 10.1 Å². The molecule has 4 aromatic rings. The Morgan fingerprint density at radius 3 is 2.86 bits per heavy atom. The van der Waals surface area contributed by atoms with Gasteiger partial charge in [0.05, 0.1) is 26.0 Å². The average molecular weight is 375 g/mol. The SMILES string of the molecule is COc1ccc([C@H]2Cn3nc(-c4nc(-c5cccnc5)no4)cc3CO2)cc1. The zero-order valence-electron chi connectivity index (χ0n) is 15.1. The van der Waals surface area contributed by atoms with Crippen LogP contribution in [0.4, 0.5) is 0 Å². The number of hydrogen-bond acceptors (Lipinski definition) is 7. The molecule has 3 aromatic heterocycles. The fraction of sp³-hybridized carbons (Fsp3) is 0.200. The highest BCUT2D eigenvalue weighted by molar-refractivity contribution is 5.56. The Morgan fingerprint density at radius 1 is 1.18 bits per heavy atom. The molecule has 0 spiro atoms. The zero-order chi connectivity index (χ0) is 18.9. The Bertz CT molecular complexity index is 1090. The van der Waals surface area contributed by atoms with Crippen LogP contribution in [0.3, 0.4) is 0 Å². The molecule has 0 radical (unpaired) electrons. The minimum Gasteiger partial charge on any atom is -0.497 e. The monoisotopic (exact) mass is 375 g/mol. The van der Waals surface area contributed by atoms with Crippen molar-refractivity contribution in [2.24, 2.45) is 0 Å². The predicted molar refractivity (Wildman–Crippen MR) is 99.3 cm³/mol. The molecule has 0 bridgehead atoms. The lowest BCUT2D eigenvalue weighted by Gasteiger charge is -2.24. The van der Waals surface area contributed by atoms with Gasteiger partial charge in [-0.3, -0.25) is 9.67 Å². The van der Waals surface area contributed by atoms with E-state index < -0.39 is 0 Å². The molecular weight excluding hydrogens is 358 g/mol. The van der Waals surface area contributed by atoms with E-state index in [1.54, 1.807) is 19.5 Å². The molecule has 1 atom stereocenters. The summed E-state index contributed by atoms with van der Waals surface area (Å²) in [6, 6.07) is 13.5.